The van der Waals surface area contributed by atoms with Crippen molar-refractivity contribution in [2.45, 2.75) is 17.1 Å². The van der Waals surface area contributed by atoms with E-state index in [1.807, 2.05) is 110 Å². The van der Waals surface area contributed by atoms with Crippen LogP contribution in [-0.2, 0) is 9.59 Å². The molecule has 5 aromatic carbocycles. The summed E-state index contributed by atoms with van der Waals surface area (Å²) in [5.41, 5.74) is 3.36. The highest BCUT2D eigenvalue weighted by atomic mass is 32.2. The van der Waals surface area contributed by atoms with Gasteiger partial charge in [-0.3, -0.25) is 14.4 Å². The number of para-hydroxylation sites is 1. The Labute approximate surface area is 272 Å². The third-order valence-corrected chi connectivity index (χ3v) is 8.05. The molecule has 0 heterocycles. The van der Waals surface area contributed by atoms with Gasteiger partial charge in [0.15, 0.2) is 0 Å². The molecule has 0 saturated carbocycles. The molecule has 0 fully saturated rings. The molecule has 1 unspecified atom stereocenters. The topological polar surface area (TPSA) is 96.5 Å². The van der Waals surface area contributed by atoms with E-state index in [1.165, 1.54) is 11.8 Å². The average Bonchev–Trinajstić information content (AvgIpc) is 3.09. The molecule has 0 aliphatic rings. The second-order valence-electron chi connectivity index (χ2n) is 10.1. The van der Waals surface area contributed by atoms with E-state index < -0.39 is 17.1 Å². The zero-order chi connectivity index (χ0) is 32.1. The van der Waals surface area contributed by atoms with Crippen molar-refractivity contribution >= 4 is 46.9 Å². The van der Waals surface area contributed by atoms with E-state index in [-0.39, 0.29) is 11.6 Å². The van der Waals surface area contributed by atoms with E-state index in [0.717, 1.165) is 21.7 Å². The summed E-state index contributed by atoms with van der Waals surface area (Å²) in [6, 6.07) is 42.1. The number of ether oxygens (including phenoxy) is 1. The van der Waals surface area contributed by atoms with Crippen LogP contribution in [0.5, 0.6) is 5.75 Å². The van der Waals surface area contributed by atoms with Crippen LogP contribution in [-0.4, -0.2) is 24.3 Å². The number of carbonyl (C=O) groups excluding carboxylic acids is 3. The van der Waals surface area contributed by atoms with Gasteiger partial charge in [0, 0.05) is 21.8 Å². The summed E-state index contributed by atoms with van der Waals surface area (Å²) in [7, 11) is 0. The molecule has 3 N–H and O–H groups in total. The van der Waals surface area contributed by atoms with Crippen molar-refractivity contribution in [1.82, 2.24) is 5.32 Å². The molecule has 0 saturated heterocycles. The summed E-state index contributed by atoms with van der Waals surface area (Å²) >= 11 is 1.41. The largest absolute Gasteiger partial charge is 0.494 e. The van der Waals surface area contributed by atoms with Gasteiger partial charge in [0.05, 0.1) is 6.61 Å². The summed E-state index contributed by atoms with van der Waals surface area (Å²) in [5.74, 6) is -0.314. The number of thioether (sulfide) groups is 1. The summed E-state index contributed by atoms with van der Waals surface area (Å²) in [4.78, 5) is 40.7. The highest BCUT2D eigenvalue weighted by molar-refractivity contribution is 8.00. The first kappa shape index (κ1) is 31.8. The smallest absolute Gasteiger partial charge is 0.272 e. The monoisotopic (exact) mass is 627 g/mol. The molecule has 0 aliphatic carbocycles. The van der Waals surface area contributed by atoms with Crippen molar-refractivity contribution in [2.24, 2.45) is 0 Å². The van der Waals surface area contributed by atoms with Crippen LogP contribution in [0.15, 0.2) is 150 Å². The first-order valence-electron chi connectivity index (χ1n) is 14.8. The molecule has 230 valence electrons. The van der Waals surface area contributed by atoms with Crippen molar-refractivity contribution < 1.29 is 19.1 Å². The Bertz CT molecular complexity index is 1780. The van der Waals surface area contributed by atoms with Gasteiger partial charge in [-0.05, 0) is 84.8 Å². The predicted octanol–water partition coefficient (Wildman–Crippen LogP) is 7.97. The molecule has 5 rings (SSSR count). The van der Waals surface area contributed by atoms with Gasteiger partial charge in [-0.15, -0.1) is 11.8 Å². The third kappa shape index (κ3) is 8.97. The van der Waals surface area contributed by atoms with Crippen molar-refractivity contribution in [3.05, 3.63) is 162 Å². The summed E-state index contributed by atoms with van der Waals surface area (Å²) in [6.07, 6.45) is 1.62. The van der Waals surface area contributed by atoms with Crippen LogP contribution in [0.1, 0.15) is 33.7 Å². The van der Waals surface area contributed by atoms with Crippen LogP contribution in [0.3, 0.4) is 0 Å². The zero-order valence-electron chi connectivity index (χ0n) is 25.2. The maximum absolute atomic E-state index is 13.5. The van der Waals surface area contributed by atoms with Gasteiger partial charge in [-0.25, -0.2) is 0 Å². The SMILES string of the molecule is CCOc1ccc(/C=C(\NC(=O)c2ccccc2)C(=O)Nc2ccc(SC(C(=O)Nc3ccccc3)c3ccccc3)cc2)cc1. The Morgan fingerprint density at radius 3 is 1.91 bits per heavy atom. The fraction of sp³-hybridized carbons (Fsp3) is 0.0789. The van der Waals surface area contributed by atoms with Gasteiger partial charge in [-0.2, -0.15) is 0 Å². The molecule has 7 nitrogen and oxygen atoms in total. The molecule has 8 heteroatoms. The van der Waals surface area contributed by atoms with Crippen LogP contribution >= 0.6 is 11.8 Å². The lowest BCUT2D eigenvalue weighted by Gasteiger charge is -2.17. The lowest BCUT2D eigenvalue weighted by atomic mass is 10.1. The van der Waals surface area contributed by atoms with Crippen LogP contribution in [0, 0.1) is 0 Å². The quantitative estimate of drug-likeness (QED) is 0.0963. The molecular weight excluding hydrogens is 595 g/mol. The number of amides is 3. The summed E-state index contributed by atoms with van der Waals surface area (Å²) < 4.78 is 5.52. The molecular formula is C38H33N3O4S. The molecule has 0 radical (unpaired) electrons. The fourth-order valence-corrected chi connectivity index (χ4v) is 5.54. The molecule has 0 aromatic heterocycles. The molecule has 5 aromatic rings. The number of anilines is 2. The molecule has 0 bridgehead atoms. The molecule has 1 atom stereocenters. The fourth-order valence-electron chi connectivity index (χ4n) is 4.52. The minimum absolute atomic E-state index is 0.0817. The summed E-state index contributed by atoms with van der Waals surface area (Å²) in [6.45, 7) is 2.45. The van der Waals surface area contributed by atoms with Gasteiger partial charge in [-0.1, -0.05) is 78.9 Å². The average molecular weight is 628 g/mol. The number of carbonyl (C=O) groups is 3. The second kappa shape index (κ2) is 15.9. The Balaban J connectivity index is 1.32. The first-order chi connectivity index (χ1) is 22.5. The van der Waals surface area contributed by atoms with Crippen molar-refractivity contribution in [3.63, 3.8) is 0 Å². The van der Waals surface area contributed by atoms with E-state index >= 15 is 0 Å². The van der Waals surface area contributed by atoms with Gasteiger partial charge >= 0.3 is 0 Å². The highest BCUT2D eigenvalue weighted by Gasteiger charge is 2.22. The standard InChI is InChI=1S/C38H33N3O4S/c1-2-45-32-22-18-27(19-23-32)26-34(41-36(42)29-14-8-4-9-15-29)37(43)39-31-20-24-33(25-21-31)46-35(28-12-6-3-7-13-28)38(44)40-30-16-10-5-11-17-30/h3-26,35H,2H2,1H3,(H,39,43)(H,40,44)(H,41,42)/b34-26-. The van der Waals surface area contributed by atoms with E-state index in [1.54, 1.807) is 42.5 Å². The van der Waals surface area contributed by atoms with Crippen molar-refractivity contribution in [2.75, 3.05) is 17.2 Å². The Morgan fingerprint density at radius 1 is 0.696 bits per heavy atom. The molecule has 3 amide bonds. The molecule has 0 aliphatic heterocycles. The van der Waals surface area contributed by atoms with Gasteiger partial charge < -0.3 is 20.7 Å². The Hall–Kier alpha value is -5.60. The minimum Gasteiger partial charge on any atom is -0.494 e. The molecule has 0 spiro atoms. The number of hydrogen-bond acceptors (Lipinski definition) is 5. The van der Waals surface area contributed by atoms with Crippen LogP contribution < -0.4 is 20.7 Å². The van der Waals surface area contributed by atoms with Crippen molar-refractivity contribution in [3.8, 4) is 5.75 Å². The highest BCUT2D eigenvalue weighted by Crippen LogP contribution is 2.36. The number of nitrogens with one attached hydrogen (secondary N) is 3. The third-order valence-electron chi connectivity index (χ3n) is 6.78. The Kier molecular flexibility index (Phi) is 11.0. The van der Waals surface area contributed by atoms with E-state index in [0.29, 0.717) is 23.6 Å². The maximum Gasteiger partial charge on any atom is 0.272 e. The summed E-state index contributed by atoms with van der Waals surface area (Å²) in [5, 5.41) is 8.14. The number of rotatable bonds is 12. The minimum atomic E-state index is -0.501. The number of hydrogen-bond donors (Lipinski definition) is 3. The van der Waals surface area contributed by atoms with Gasteiger partial charge in [0.2, 0.25) is 5.91 Å². The van der Waals surface area contributed by atoms with Gasteiger partial charge in [0.1, 0.15) is 16.7 Å². The van der Waals surface area contributed by atoms with E-state index in [4.69, 9.17) is 4.74 Å². The van der Waals surface area contributed by atoms with Crippen molar-refractivity contribution in [1.29, 1.82) is 0 Å². The lowest BCUT2D eigenvalue weighted by Crippen LogP contribution is -2.30. The Morgan fingerprint density at radius 2 is 1.28 bits per heavy atom. The maximum atomic E-state index is 13.5. The van der Waals surface area contributed by atoms with Crippen LogP contribution in [0.2, 0.25) is 0 Å². The normalized spacial score (nSPS) is 11.6. The lowest BCUT2D eigenvalue weighted by molar-refractivity contribution is -0.116. The number of benzene rings is 5. The second-order valence-corrected chi connectivity index (χ2v) is 11.3. The van der Waals surface area contributed by atoms with E-state index in [2.05, 4.69) is 16.0 Å². The van der Waals surface area contributed by atoms with Crippen LogP contribution in [0.25, 0.3) is 6.08 Å². The van der Waals surface area contributed by atoms with E-state index in [9.17, 15) is 14.4 Å². The predicted molar refractivity (Wildman–Crippen MR) is 185 cm³/mol. The van der Waals surface area contributed by atoms with Gasteiger partial charge in [0.25, 0.3) is 11.8 Å². The van der Waals surface area contributed by atoms with Crippen LogP contribution in [0.4, 0.5) is 11.4 Å². The first-order valence-corrected chi connectivity index (χ1v) is 15.7. The zero-order valence-corrected chi connectivity index (χ0v) is 26.0. The molecule has 46 heavy (non-hydrogen) atoms.